The number of unbranched alkanes of at least 4 members (excludes halogenated alkanes) is 1. The van der Waals surface area contributed by atoms with E-state index in [9.17, 15) is 0 Å². The zero-order valence-corrected chi connectivity index (χ0v) is 15.5. The fourth-order valence-electron chi connectivity index (χ4n) is 2.86. The van der Waals surface area contributed by atoms with E-state index in [1.165, 1.54) is 24.0 Å². The first-order valence-electron chi connectivity index (χ1n) is 9.07. The summed E-state index contributed by atoms with van der Waals surface area (Å²) in [5.74, 6) is 1.12. The molecule has 0 saturated heterocycles. The largest absolute Gasteiger partial charge is 0.283 e. The third-order valence-electron chi connectivity index (χ3n) is 4.33. The molecule has 130 valence electrons. The van der Waals surface area contributed by atoms with Gasteiger partial charge in [-0.25, -0.2) is 4.98 Å². The van der Waals surface area contributed by atoms with E-state index in [1.54, 1.807) is 0 Å². The van der Waals surface area contributed by atoms with E-state index >= 15 is 0 Å². The van der Waals surface area contributed by atoms with Crippen molar-refractivity contribution in [3.05, 3.63) is 59.4 Å². The monoisotopic (exact) mass is 334 g/mol. The van der Waals surface area contributed by atoms with Gasteiger partial charge in [0.15, 0.2) is 5.82 Å². The van der Waals surface area contributed by atoms with Crippen molar-refractivity contribution in [2.75, 3.05) is 0 Å². The number of rotatable bonds is 6. The lowest BCUT2D eigenvalue weighted by Gasteiger charge is -2.03. The Balaban J connectivity index is 1.92. The third-order valence-corrected chi connectivity index (χ3v) is 4.33. The Morgan fingerprint density at radius 1 is 1.04 bits per heavy atom. The van der Waals surface area contributed by atoms with Gasteiger partial charge in [0.1, 0.15) is 5.65 Å². The number of aryl methyl sites for hydroxylation is 2. The van der Waals surface area contributed by atoms with Crippen LogP contribution in [0.3, 0.4) is 0 Å². The van der Waals surface area contributed by atoms with Crippen LogP contribution in [0.1, 0.15) is 56.4 Å². The summed E-state index contributed by atoms with van der Waals surface area (Å²) in [5.41, 5.74) is 5.30. The van der Waals surface area contributed by atoms with E-state index in [0.29, 0.717) is 5.92 Å². The Bertz CT molecular complexity index is 873. The maximum Gasteiger partial charge on any atom is 0.183 e. The molecule has 2 aromatic heterocycles. The van der Waals surface area contributed by atoms with Gasteiger partial charge in [-0.1, -0.05) is 45.4 Å². The van der Waals surface area contributed by atoms with Crippen LogP contribution in [0.4, 0.5) is 11.5 Å². The fourth-order valence-corrected chi connectivity index (χ4v) is 2.86. The van der Waals surface area contributed by atoms with E-state index in [0.717, 1.165) is 29.3 Å². The van der Waals surface area contributed by atoms with Crippen LogP contribution >= 0.6 is 0 Å². The molecule has 0 aliphatic heterocycles. The van der Waals surface area contributed by atoms with E-state index in [-0.39, 0.29) is 0 Å². The van der Waals surface area contributed by atoms with Crippen molar-refractivity contribution >= 4 is 17.2 Å². The minimum absolute atomic E-state index is 0.297. The van der Waals surface area contributed by atoms with Gasteiger partial charge in [-0.05, 0) is 55.0 Å². The summed E-state index contributed by atoms with van der Waals surface area (Å²) < 4.78 is 2.03. The second kappa shape index (κ2) is 7.60. The maximum atomic E-state index is 4.72. The molecule has 0 amide bonds. The second-order valence-corrected chi connectivity index (χ2v) is 6.88. The zero-order chi connectivity index (χ0) is 17.8. The van der Waals surface area contributed by atoms with Crippen molar-refractivity contribution < 1.29 is 0 Å². The molecule has 0 atom stereocenters. The van der Waals surface area contributed by atoms with Gasteiger partial charge in [-0.2, -0.15) is 0 Å². The molecular formula is C21H26N4. The average molecular weight is 334 g/mol. The number of nitrogens with zero attached hydrogens (tertiary/aromatic N) is 4. The van der Waals surface area contributed by atoms with Gasteiger partial charge >= 0.3 is 0 Å². The van der Waals surface area contributed by atoms with Crippen molar-refractivity contribution in [1.29, 1.82) is 0 Å². The highest BCUT2D eigenvalue weighted by Crippen LogP contribution is 2.29. The molecule has 3 aromatic rings. The Kier molecular flexibility index (Phi) is 5.27. The van der Waals surface area contributed by atoms with Gasteiger partial charge < -0.3 is 0 Å². The van der Waals surface area contributed by atoms with Crippen LogP contribution in [0.15, 0.2) is 52.8 Å². The van der Waals surface area contributed by atoms with E-state index in [1.807, 2.05) is 22.6 Å². The normalized spacial score (nSPS) is 11.9. The highest BCUT2D eigenvalue weighted by atomic mass is 15.2. The predicted octanol–water partition coefficient (Wildman–Crippen LogP) is 6.52. The lowest BCUT2D eigenvalue weighted by atomic mass is 10.1. The quantitative estimate of drug-likeness (QED) is 0.473. The van der Waals surface area contributed by atoms with Crippen LogP contribution in [-0.4, -0.2) is 9.38 Å². The third kappa shape index (κ3) is 3.95. The number of fused-ring (bicyclic) bond motifs is 1. The molecule has 4 heteroatoms. The van der Waals surface area contributed by atoms with Crippen LogP contribution < -0.4 is 0 Å². The van der Waals surface area contributed by atoms with Crippen LogP contribution in [-0.2, 0) is 6.42 Å². The van der Waals surface area contributed by atoms with E-state index in [2.05, 4.69) is 62.3 Å². The molecule has 25 heavy (non-hydrogen) atoms. The smallest absolute Gasteiger partial charge is 0.183 e. The van der Waals surface area contributed by atoms with Crippen molar-refractivity contribution in [3.8, 4) is 0 Å². The van der Waals surface area contributed by atoms with E-state index in [4.69, 9.17) is 4.98 Å². The van der Waals surface area contributed by atoms with Crippen LogP contribution in [0.2, 0.25) is 0 Å². The average Bonchev–Trinajstić information content (AvgIpc) is 2.97. The van der Waals surface area contributed by atoms with Crippen molar-refractivity contribution in [2.24, 2.45) is 10.2 Å². The van der Waals surface area contributed by atoms with Crippen LogP contribution in [0.25, 0.3) is 5.65 Å². The number of azo groups is 1. The summed E-state index contributed by atoms with van der Waals surface area (Å²) >= 11 is 0. The first-order chi connectivity index (χ1) is 12.1. The topological polar surface area (TPSA) is 42.0 Å². The van der Waals surface area contributed by atoms with Gasteiger partial charge in [0.05, 0.1) is 11.4 Å². The molecule has 0 saturated carbocycles. The molecule has 2 heterocycles. The first-order valence-corrected chi connectivity index (χ1v) is 9.07. The Morgan fingerprint density at radius 3 is 2.48 bits per heavy atom. The molecule has 3 rings (SSSR count). The molecular weight excluding hydrogens is 308 g/mol. The molecule has 0 aliphatic rings. The lowest BCUT2D eigenvalue weighted by Crippen LogP contribution is -1.88. The number of pyridine rings is 1. The predicted molar refractivity (Wildman–Crippen MR) is 103 cm³/mol. The van der Waals surface area contributed by atoms with E-state index < -0.39 is 0 Å². The first kappa shape index (κ1) is 17.3. The molecule has 1 aromatic carbocycles. The van der Waals surface area contributed by atoms with Gasteiger partial charge in [0.25, 0.3) is 0 Å². The second-order valence-electron chi connectivity index (χ2n) is 6.88. The number of hydrogen-bond acceptors (Lipinski definition) is 3. The maximum absolute atomic E-state index is 4.72. The number of hydrogen-bond donors (Lipinski definition) is 0. The Hall–Kier alpha value is -2.49. The summed E-state index contributed by atoms with van der Waals surface area (Å²) in [7, 11) is 0. The van der Waals surface area contributed by atoms with Crippen LogP contribution in [0.5, 0.6) is 0 Å². The summed E-state index contributed by atoms with van der Waals surface area (Å²) in [6.45, 7) is 8.56. The number of imidazole rings is 1. The standard InChI is InChI=1S/C21H26N4/c1-5-6-7-17-9-11-18(12-10-17)23-24-21-20(15(2)3)22-19-13-8-16(4)14-25(19)21/h8-15H,5-7H2,1-4H3. The van der Waals surface area contributed by atoms with Crippen molar-refractivity contribution in [3.63, 3.8) is 0 Å². The Morgan fingerprint density at radius 2 is 1.80 bits per heavy atom. The number of benzene rings is 1. The minimum Gasteiger partial charge on any atom is -0.283 e. The minimum atomic E-state index is 0.297. The highest BCUT2D eigenvalue weighted by molar-refractivity contribution is 5.54. The molecule has 0 unspecified atom stereocenters. The molecule has 0 N–H and O–H groups in total. The molecule has 0 spiro atoms. The molecule has 4 nitrogen and oxygen atoms in total. The molecule has 0 aliphatic carbocycles. The number of aromatic nitrogens is 2. The van der Waals surface area contributed by atoms with Crippen LogP contribution in [0, 0.1) is 6.92 Å². The lowest BCUT2D eigenvalue weighted by molar-refractivity contribution is 0.795. The van der Waals surface area contributed by atoms with Gasteiger partial charge in [0, 0.05) is 6.20 Å². The van der Waals surface area contributed by atoms with Gasteiger partial charge in [0.2, 0.25) is 0 Å². The molecule has 0 bridgehead atoms. The molecule has 0 radical (unpaired) electrons. The molecule has 0 fully saturated rings. The zero-order valence-electron chi connectivity index (χ0n) is 15.5. The fraction of sp³-hybridized carbons (Fsp3) is 0.381. The van der Waals surface area contributed by atoms with Gasteiger partial charge in [-0.3, -0.25) is 4.40 Å². The summed E-state index contributed by atoms with van der Waals surface area (Å²) in [6.07, 6.45) is 5.63. The summed E-state index contributed by atoms with van der Waals surface area (Å²) in [5, 5.41) is 9.00. The van der Waals surface area contributed by atoms with Crippen molar-refractivity contribution in [2.45, 2.75) is 52.9 Å². The Labute approximate surface area is 149 Å². The van der Waals surface area contributed by atoms with Crippen molar-refractivity contribution in [1.82, 2.24) is 9.38 Å². The van der Waals surface area contributed by atoms with Gasteiger partial charge in [-0.15, -0.1) is 10.2 Å². The highest BCUT2D eigenvalue weighted by Gasteiger charge is 2.15. The summed E-state index contributed by atoms with van der Waals surface area (Å²) in [4.78, 5) is 4.72. The summed E-state index contributed by atoms with van der Waals surface area (Å²) in [6, 6.07) is 12.5. The SMILES string of the molecule is CCCCc1ccc(N=Nc2c(C(C)C)nc3ccc(C)cn23)cc1.